The molecular formula is C46H46F6N8O11S2. The molecule has 0 aliphatic heterocycles. The number of methoxy groups -OCH3 is 4. The van der Waals surface area contributed by atoms with Gasteiger partial charge >= 0.3 is 12.4 Å². The molecule has 0 bridgehead atoms. The standard InChI is InChI=1S/C23H23F3N4O6S.C23H23F3N4O5S/c1-35-17-7-5-14(10-18(17)36-2)12-30-13-15(6-8-21(30)32)16-11-19(23(24,25)26)29-22(28-16)37(33,34)9-3-4-20(27)31;1-34-17-7-5-14(10-18(17)35-2)12-30-13-15(6-8-21(30)32)16-11-19(23(24,25)26)29-22(28-16)36(33)9-3-4-20(27)31/h5-8,10-11,13H,3-4,9,12H2,1-2H3,(H2,27,31);5-8,10-11,13H,3-4,9,12H2,1-2H3,(H2,27,31). The van der Waals surface area contributed by atoms with Crippen LogP contribution in [0.1, 0.15) is 48.2 Å². The van der Waals surface area contributed by atoms with Gasteiger partial charge in [-0.05, 0) is 72.5 Å². The van der Waals surface area contributed by atoms with Crippen molar-refractivity contribution in [3.8, 4) is 45.5 Å². The SMILES string of the molecule is COc1ccc(Cn2cc(-c3cc(C(F)(F)F)nc(S(=O)(=O)CCCC(N)=O)n3)ccc2=O)cc1OC.COc1ccc(Cn2cc(-c3cc(C(F)(F)F)nc(S(=O)CCCC(N)=O)n3)ccc2=O)cc1OC. The molecule has 2 aromatic carbocycles. The van der Waals surface area contributed by atoms with Gasteiger partial charge in [0.1, 0.15) is 11.4 Å². The minimum absolute atomic E-state index is 0.0303. The number of carbonyl (C=O) groups excluding carboxylic acids is 2. The van der Waals surface area contributed by atoms with Crippen LogP contribution >= 0.6 is 0 Å². The van der Waals surface area contributed by atoms with Gasteiger partial charge in [-0.25, -0.2) is 28.4 Å². The van der Waals surface area contributed by atoms with Crippen molar-refractivity contribution in [2.45, 2.75) is 61.4 Å². The molecule has 27 heteroatoms. The van der Waals surface area contributed by atoms with Crippen molar-refractivity contribution in [2.24, 2.45) is 11.5 Å². The van der Waals surface area contributed by atoms with Gasteiger partial charge in [-0.3, -0.25) is 23.4 Å². The van der Waals surface area contributed by atoms with Crippen LogP contribution in [0.15, 0.2) is 105 Å². The van der Waals surface area contributed by atoms with E-state index >= 15 is 0 Å². The molecular weight excluding hydrogens is 1020 g/mol. The Hall–Kier alpha value is -7.68. The second-order valence-electron chi connectivity index (χ2n) is 15.5. The first-order chi connectivity index (χ1) is 34.3. The number of nitrogens with two attached hydrogens (primary N) is 2. The fourth-order valence-electron chi connectivity index (χ4n) is 6.64. The quantitative estimate of drug-likeness (QED) is 0.0736. The van der Waals surface area contributed by atoms with Gasteiger partial charge in [-0.2, -0.15) is 26.3 Å². The molecule has 73 heavy (non-hydrogen) atoms. The molecule has 2 amide bonds. The largest absolute Gasteiger partial charge is 0.493 e. The molecule has 0 fully saturated rings. The highest BCUT2D eigenvalue weighted by Gasteiger charge is 2.36. The Bertz CT molecular complexity index is 3240. The van der Waals surface area contributed by atoms with Crippen LogP contribution in [0.25, 0.3) is 22.5 Å². The van der Waals surface area contributed by atoms with Crippen molar-refractivity contribution in [1.29, 1.82) is 0 Å². The Labute approximate surface area is 414 Å². The third kappa shape index (κ3) is 15.4. The summed E-state index contributed by atoms with van der Waals surface area (Å²) in [6.45, 7) is 0.124. The number of amides is 2. The topological polar surface area (TPSA) is 270 Å². The number of benzene rings is 2. The highest BCUT2D eigenvalue weighted by molar-refractivity contribution is 7.91. The van der Waals surface area contributed by atoms with Crippen molar-refractivity contribution in [1.82, 2.24) is 29.1 Å². The fraction of sp³-hybridized carbons (Fsp3) is 0.304. The van der Waals surface area contributed by atoms with Crippen LogP contribution in [0.2, 0.25) is 0 Å². The molecule has 0 spiro atoms. The van der Waals surface area contributed by atoms with Gasteiger partial charge in [-0.1, -0.05) is 12.1 Å². The molecule has 0 saturated carbocycles. The Morgan fingerprint density at radius 1 is 0.603 bits per heavy atom. The lowest BCUT2D eigenvalue weighted by atomic mass is 10.1. The average Bonchev–Trinajstić information content (AvgIpc) is 3.34. The molecule has 0 radical (unpaired) electrons. The second kappa shape index (κ2) is 24.2. The summed E-state index contributed by atoms with van der Waals surface area (Å²) in [5, 5.41) is -1.57. The number of aromatic nitrogens is 6. The summed E-state index contributed by atoms with van der Waals surface area (Å²) in [4.78, 5) is 61.3. The molecule has 0 aliphatic rings. The third-order valence-corrected chi connectivity index (χ3v) is 13.0. The highest BCUT2D eigenvalue weighted by atomic mass is 32.2. The molecule has 4 heterocycles. The molecule has 390 valence electrons. The van der Waals surface area contributed by atoms with Crippen molar-refractivity contribution in [2.75, 3.05) is 39.9 Å². The minimum Gasteiger partial charge on any atom is -0.493 e. The summed E-state index contributed by atoms with van der Waals surface area (Å²) in [6, 6.07) is 16.3. The number of hydrogen-bond acceptors (Lipinski definition) is 15. The minimum atomic E-state index is -4.97. The summed E-state index contributed by atoms with van der Waals surface area (Å²) in [5.41, 5.74) is 7.52. The average molecular weight is 1070 g/mol. The zero-order valence-electron chi connectivity index (χ0n) is 39.2. The molecule has 6 rings (SSSR count). The molecule has 6 aromatic rings. The van der Waals surface area contributed by atoms with Gasteiger partial charge in [0.25, 0.3) is 11.1 Å². The van der Waals surface area contributed by atoms with Crippen LogP contribution in [0.3, 0.4) is 0 Å². The van der Waals surface area contributed by atoms with E-state index in [1.165, 1.54) is 68.2 Å². The maximum Gasteiger partial charge on any atom is 0.433 e. The molecule has 4 N–H and O–H groups in total. The van der Waals surface area contributed by atoms with E-state index in [-0.39, 0.29) is 67.0 Å². The van der Waals surface area contributed by atoms with Crippen LogP contribution in [0.4, 0.5) is 26.3 Å². The van der Waals surface area contributed by atoms with E-state index in [9.17, 15) is 58.1 Å². The Kier molecular flexibility index (Phi) is 18.6. The van der Waals surface area contributed by atoms with Crippen molar-refractivity contribution < 1.29 is 67.5 Å². The first kappa shape index (κ1) is 56.2. The van der Waals surface area contributed by atoms with E-state index in [0.717, 1.165) is 12.1 Å². The van der Waals surface area contributed by atoms with Crippen molar-refractivity contribution >= 4 is 32.5 Å². The number of hydrogen-bond donors (Lipinski definition) is 2. The van der Waals surface area contributed by atoms with E-state index < -0.39 is 83.4 Å². The highest BCUT2D eigenvalue weighted by Crippen LogP contribution is 2.34. The lowest BCUT2D eigenvalue weighted by Gasteiger charge is -2.13. The van der Waals surface area contributed by atoms with Gasteiger partial charge in [0, 0.05) is 54.2 Å². The summed E-state index contributed by atoms with van der Waals surface area (Å²) in [6.07, 6.45) is -7.60. The zero-order chi connectivity index (χ0) is 53.8. The normalized spacial score (nSPS) is 12.0. The molecule has 0 aliphatic carbocycles. The predicted molar refractivity (Wildman–Crippen MR) is 251 cm³/mol. The number of sulfone groups is 1. The van der Waals surface area contributed by atoms with Crippen LogP contribution in [-0.2, 0) is 55.7 Å². The van der Waals surface area contributed by atoms with E-state index in [0.29, 0.717) is 40.2 Å². The van der Waals surface area contributed by atoms with Gasteiger partial charge in [0.15, 0.2) is 23.0 Å². The lowest BCUT2D eigenvalue weighted by molar-refractivity contribution is -0.142. The van der Waals surface area contributed by atoms with E-state index in [4.69, 9.17) is 30.4 Å². The Morgan fingerprint density at radius 2 is 1.04 bits per heavy atom. The first-order valence-corrected chi connectivity index (χ1v) is 24.3. The summed E-state index contributed by atoms with van der Waals surface area (Å²) < 4.78 is 142. The summed E-state index contributed by atoms with van der Waals surface area (Å²) in [7, 11) is -0.507. The zero-order valence-corrected chi connectivity index (χ0v) is 40.8. The van der Waals surface area contributed by atoms with Gasteiger partial charge in [-0.15, -0.1) is 0 Å². The number of halogens is 6. The maximum absolute atomic E-state index is 13.6. The van der Waals surface area contributed by atoms with Gasteiger partial charge in [0.2, 0.25) is 32.0 Å². The number of primary amides is 2. The number of pyridine rings is 2. The molecule has 4 aromatic heterocycles. The van der Waals surface area contributed by atoms with Crippen LogP contribution in [0, 0.1) is 0 Å². The van der Waals surface area contributed by atoms with Crippen LogP contribution < -0.4 is 41.5 Å². The van der Waals surface area contributed by atoms with Crippen LogP contribution in [0.5, 0.6) is 23.0 Å². The van der Waals surface area contributed by atoms with Crippen LogP contribution in [-0.4, -0.2) is 93.5 Å². The molecule has 19 nitrogen and oxygen atoms in total. The molecule has 1 unspecified atom stereocenters. The number of ether oxygens (including phenoxy) is 4. The number of alkyl halides is 6. The fourth-order valence-corrected chi connectivity index (χ4v) is 8.81. The van der Waals surface area contributed by atoms with E-state index in [2.05, 4.69) is 19.9 Å². The Morgan fingerprint density at radius 3 is 1.48 bits per heavy atom. The maximum atomic E-state index is 13.6. The number of rotatable bonds is 20. The second-order valence-corrected chi connectivity index (χ2v) is 19.0. The molecule has 0 saturated heterocycles. The van der Waals surface area contributed by atoms with E-state index in [1.807, 2.05) is 0 Å². The number of carbonyl (C=O) groups is 2. The predicted octanol–water partition coefficient (Wildman–Crippen LogP) is 5.19. The first-order valence-electron chi connectivity index (χ1n) is 21.3. The summed E-state index contributed by atoms with van der Waals surface area (Å²) in [5.74, 6) is -0.337. The monoisotopic (exact) mass is 1060 g/mol. The van der Waals surface area contributed by atoms with Gasteiger partial charge < -0.3 is 39.5 Å². The third-order valence-electron chi connectivity index (χ3n) is 10.2. The molecule has 1 atom stereocenters. The number of nitrogens with zero attached hydrogens (tertiary/aromatic N) is 6. The Balaban J connectivity index is 0.000000271. The van der Waals surface area contributed by atoms with Gasteiger partial charge in [0.05, 0.1) is 69.5 Å². The van der Waals surface area contributed by atoms with E-state index in [1.54, 1.807) is 36.4 Å². The smallest absolute Gasteiger partial charge is 0.433 e. The summed E-state index contributed by atoms with van der Waals surface area (Å²) >= 11 is 0. The van der Waals surface area contributed by atoms with Crippen molar-refractivity contribution in [3.63, 3.8) is 0 Å². The van der Waals surface area contributed by atoms with Crippen molar-refractivity contribution in [3.05, 3.63) is 128 Å². The lowest BCUT2D eigenvalue weighted by Crippen LogP contribution is -2.20.